The fourth-order valence-electron chi connectivity index (χ4n) is 1.84. The van der Waals surface area contributed by atoms with Crippen molar-refractivity contribution in [3.8, 4) is 0 Å². The van der Waals surface area contributed by atoms with E-state index in [1.54, 1.807) is 22.7 Å². The lowest BCUT2D eigenvalue weighted by molar-refractivity contribution is 0.197. The maximum absolute atomic E-state index is 9.11. The number of hydrogen-bond donors (Lipinski definition) is 2. The molecular weight excluding hydrogens is 266 g/mol. The number of nitrogens with zero attached hydrogens (tertiary/aromatic N) is 2. The van der Waals surface area contributed by atoms with Gasteiger partial charge in [0.15, 0.2) is 0 Å². The normalized spacial score (nSPS) is 13.1. The van der Waals surface area contributed by atoms with Crippen LogP contribution in [-0.2, 0) is 6.54 Å². The lowest BCUT2D eigenvalue weighted by Gasteiger charge is -2.25. The second-order valence-corrected chi connectivity index (χ2v) is 5.71. The first-order valence-electron chi connectivity index (χ1n) is 5.73. The van der Waals surface area contributed by atoms with Crippen molar-refractivity contribution in [3.63, 3.8) is 0 Å². The van der Waals surface area contributed by atoms with Crippen LogP contribution < -0.4 is 5.73 Å². The molecular formula is C12H17N3OS2. The summed E-state index contributed by atoms with van der Waals surface area (Å²) in [4.78, 5) is 6.68. The van der Waals surface area contributed by atoms with E-state index in [0.717, 1.165) is 10.7 Å². The fraction of sp³-hybridized carbons (Fsp3) is 0.417. The van der Waals surface area contributed by atoms with Gasteiger partial charge < -0.3 is 10.8 Å². The van der Waals surface area contributed by atoms with Gasteiger partial charge in [0.25, 0.3) is 0 Å². The number of aliphatic hydroxyl groups excluding tert-OH is 1. The minimum Gasteiger partial charge on any atom is -0.395 e. The van der Waals surface area contributed by atoms with Crippen molar-refractivity contribution in [2.24, 2.45) is 5.73 Å². The van der Waals surface area contributed by atoms with Gasteiger partial charge in [-0.1, -0.05) is 0 Å². The third kappa shape index (κ3) is 2.96. The highest BCUT2D eigenvalue weighted by Crippen LogP contribution is 2.31. The molecule has 0 aliphatic heterocycles. The molecule has 3 N–H and O–H groups in total. The number of hydrogen-bond acceptors (Lipinski definition) is 6. The zero-order valence-corrected chi connectivity index (χ0v) is 11.9. The van der Waals surface area contributed by atoms with Gasteiger partial charge in [0, 0.05) is 18.5 Å². The summed E-state index contributed by atoms with van der Waals surface area (Å²) in [5.74, 6) is 0. The van der Waals surface area contributed by atoms with E-state index in [9.17, 15) is 0 Å². The summed E-state index contributed by atoms with van der Waals surface area (Å²) in [7, 11) is 2.00. The molecule has 0 radical (unpaired) electrons. The zero-order valence-electron chi connectivity index (χ0n) is 10.2. The van der Waals surface area contributed by atoms with E-state index in [1.807, 2.05) is 12.4 Å². The molecule has 1 atom stereocenters. The molecule has 18 heavy (non-hydrogen) atoms. The lowest BCUT2D eigenvalue weighted by atomic mass is 10.1. The molecule has 0 saturated heterocycles. The molecule has 2 rings (SSSR count). The Morgan fingerprint density at radius 3 is 2.89 bits per heavy atom. The molecule has 0 aliphatic rings. The van der Waals surface area contributed by atoms with Crippen molar-refractivity contribution in [1.82, 2.24) is 9.88 Å². The molecule has 1 unspecified atom stereocenters. The van der Waals surface area contributed by atoms with Gasteiger partial charge in [0.2, 0.25) is 0 Å². The summed E-state index contributed by atoms with van der Waals surface area (Å²) in [5, 5.41) is 16.3. The van der Waals surface area contributed by atoms with E-state index in [2.05, 4.69) is 26.7 Å². The van der Waals surface area contributed by atoms with Gasteiger partial charge >= 0.3 is 0 Å². The minimum atomic E-state index is 0.105. The maximum atomic E-state index is 9.11. The van der Waals surface area contributed by atoms with Gasteiger partial charge in [-0.15, -0.1) is 11.3 Å². The average molecular weight is 283 g/mol. The Hall–Kier alpha value is -0.790. The standard InChI is InChI=1S/C12H17N3OS2/c1-15(3-4-16)11(9-2-5-17-7-9)12-14-10(6-13)8-18-12/h2,5,7-8,11,16H,3-4,6,13H2,1H3. The molecule has 0 fully saturated rings. The molecule has 0 bridgehead atoms. The molecule has 98 valence electrons. The van der Waals surface area contributed by atoms with Crippen LogP contribution in [0.1, 0.15) is 22.3 Å². The number of rotatable bonds is 6. The maximum Gasteiger partial charge on any atom is 0.115 e. The third-order valence-electron chi connectivity index (χ3n) is 2.76. The van der Waals surface area contributed by atoms with Gasteiger partial charge in [-0.2, -0.15) is 11.3 Å². The second-order valence-electron chi connectivity index (χ2n) is 4.04. The van der Waals surface area contributed by atoms with Crippen molar-refractivity contribution < 1.29 is 5.11 Å². The van der Waals surface area contributed by atoms with Crippen molar-refractivity contribution in [3.05, 3.63) is 38.5 Å². The quantitative estimate of drug-likeness (QED) is 0.846. The third-order valence-corrected chi connectivity index (χ3v) is 4.41. The summed E-state index contributed by atoms with van der Waals surface area (Å²) >= 11 is 3.30. The van der Waals surface area contributed by atoms with Crippen molar-refractivity contribution in [1.29, 1.82) is 0 Å². The first-order chi connectivity index (χ1) is 8.76. The summed E-state index contributed by atoms with van der Waals surface area (Å²) in [6.07, 6.45) is 0. The highest BCUT2D eigenvalue weighted by atomic mass is 32.1. The van der Waals surface area contributed by atoms with Crippen molar-refractivity contribution in [2.45, 2.75) is 12.6 Å². The lowest BCUT2D eigenvalue weighted by Crippen LogP contribution is -2.28. The number of aromatic nitrogens is 1. The highest BCUT2D eigenvalue weighted by molar-refractivity contribution is 7.10. The minimum absolute atomic E-state index is 0.105. The Morgan fingerprint density at radius 1 is 1.50 bits per heavy atom. The molecule has 0 aromatic carbocycles. The van der Waals surface area contributed by atoms with Crippen LogP contribution in [0.4, 0.5) is 0 Å². The van der Waals surface area contributed by atoms with Crippen LogP contribution in [0, 0.1) is 0 Å². The number of nitrogens with two attached hydrogens (primary N) is 1. The van der Waals surface area contributed by atoms with Gasteiger partial charge in [-0.3, -0.25) is 4.90 Å². The highest BCUT2D eigenvalue weighted by Gasteiger charge is 2.22. The van der Waals surface area contributed by atoms with Gasteiger partial charge in [-0.25, -0.2) is 4.98 Å². The Bertz CT molecular complexity index is 469. The molecule has 6 heteroatoms. The van der Waals surface area contributed by atoms with E-state index < -0.39 is 0 Å². The average Bonchev–Trinajstić information content (AvgIpc) is 3.01. The summed E-state index contributed by atoms with van der Waals surface area (Å²) < 4.78 is 0. The summed E-state index contributed by atoms with van der Waals surface area (Å²) in [5.41, 5.74) is 7.75. The molecule has 0 aliphatic carbocycles. The predicted octanol–water partition coefficient (Wildman–Crippen LogP) is 1.68. The molecule has 2 aromatic rings. The monoisotopic (exact) mass is 283 g/mol. The molecule has 2 heterocycles. The van der Waals surface area contributed by atoms with Crippen LogP contribution in [0.15, 0.2) is 22.2 Å². The SMILES string of the molecule is CN(CCO)C(c1ccsc1)c1nc(CN)cs1. The van der Waals surface area contributed by atoms with E-state index >= 15 is 0 Å². The van der Waals surface area contributed by atoms with Crippen molar-refractivity contribution >= 4 is 22.7 Å². The molecule has 0 amide bonds. The molecule has 0 spiro atoms. The number of thiophene rings is 1. The largest absolute Gasteiger partial charge is 0.395 e. The number of thiazole rings is 1. The number of likely N-dealkylation sites (N-methyl/N-ethyl adjacent to an activating group) is 1. The molecule has 0 saturated carbocycles. The predicted molar refractivity (Wildman–Crippen MR) is 75.9 cm³/mol. The van der Waals surface area contributed by atoms with Crippen LogP contribution in [0.2, 0.25) is 0 Å². The first-order valence-corrected chi connectivity index (χ1v) is 7.56. The first kappa shape index (κ1) is 13.6. The van der Waals surface area contributed by atoms with Crippen LogP contribution in [-0.4, -0.2) is 35.2 Å². The van der Waals surface area contributed by atoms with E-state index in [4.69, 9.17) is 10.8 Å². The summed E-state index contributed by atoms with van der Waals surface area (Å²) in [6, 6.07) is 2.21. The second kappa shape index (κ2) is 6.40. The Labute approximate surface area is 115 Å². The smallest absolute Gasteiger partial charge is 0.115 e. The zero-order chi connectivity index (χ0) is 13.0. The number of aliphatic hydroxyl groups is 1. The van der Waals surface area contributed by atoms with E-state index in [0.29, 0.717) is 13.1 Å². The van der Waals surface area contributed by atoms with Crippen LogP contribution >= 0.6 is 22.7 Å². The van der Waals surface area contributed by atoms with Crippen LogP contribution in [0.3, 0.4) is 0 Å². The van der Waals surface area contributed by atoms with Gasteiger partial charge in [0.05, 0.1) is 18.3 Å². The van der Waals surface area contributed by atoms with E-state index in [1.165, 1.54) is 5.56 Å². The Kier molecular flexibility index (Phi) is 4.85. The Morgan fingerprint density at radius 2 is 2.33 bits per heavy atom. The van der Waals surface area contributed by atoms with Crippen LogP contribution in [0.25, 0.3) is 0 Å². The summed E-state index contributed by atoms with van der Waals surface area (Å²) in [6.45, 7) is 1.24. The van der Waals surface area contributed by atoms with Gasteiger partial charge in [0.1, 0.15) is 5.01 Å². The van der Waals surface area contributed by atoms with Crippen molar-refractivity contribution in [2.75, 3.05) is 20.2 Å². The molecule has 2 aromatic heterocycles. The molecule has 4 nitrogen and oxygen atoms in total. The van der Waals surface area contributed by atoms with Gasteiger partial charge in [-0.05, 0) is 29.4 Å². The topological polar surface area (TPSA) is 62.4 Å². The van der Waals surface area contributed by atoms with Crippen LogP contribution in [0.5, 0.6) is 0 Å². The fourth-order valence-corrected chi connectivity index (χ4v) is 3.54. The Balaban J connectivity index is 2.29. The van der Waals surface area contributed by atoms with E-state index in [-0.39, 0.29) is 12.6 Å².